The number of anilines is 2. The first-order chi connectivity index (χ1) is 16.4. The first-order valence-corrected chi connectivity index (χ1v) is 13.2. The van der Waals surface area contributed by atoms with Gasteiger partial charge >= 0.3 is 0 Å². The number of ether oxygens (including phenoxy) is 1. The maximum Gasteiger partial charge on any atom is 0.175 e. The van der Waals surface area contributed by atoms with Crippen LogP contribution in [0, 0.1) is 0 Å². The number of nitrogens with one attached hydrogen (secondary N) is 2. The van der Waals surface area contributed by atoms with Gasteiger partial charge in [0.15, 0.2) is 9.84 Å². The number of aromatic nitrogens is 1. The first kappa shape index (κ1) is 22.2. The molecule has 1 aromatic heterocycles. The number of hydrogen-bond donors (Lipinski definition) is 2. The Morgan fingerprint density at radius 3 is 2.71 bits per heavy atom. The minimum Gasteiger partial charge on any atom is -0.497 e. The lowest BCUT2D eigenvalue weighted by Gasteiger charge is -2.16. The number of methoxy groups -OCH3 is 1. The smallest absolute Gasteiger partial charge is 0.175 e. The molecule has 0 bridgehead atoms. The molecule has 1 atom stereocenters. The molecule has 4 aromatic rings. The second-order valence-corrected chi connectivity index (χ2v) is 10.7. The number of aryl methyl sites for hydroxylation is 1. The van der Waals surface area contributed by atoms with Gasteiger partial charge in [-0.1, -0.05) is 24.3 Å². The molecule has 7 heteroatoms. The molecule has 0 saturated heterocycles. The van der Waals surface area contributed by atoms with Crippen molar-refractivity contribution in [2.45, 2.75) is 30.3 Å². The molecule has 1 aliphatic rings. The summed E-state index contributed by atoms with van der Waals surface area (Å²) in [5.41, 5.74) is 5.38. The van der Waals surface area contributed by atoms with Gasteiger partial charge in [-0.25, -0.2) is 13.4 Å². The van der Waals surface area contributed by atoms with Crippen molar-refractivity contribution in [2.24, 2.45) is 0 Å². The standard InChI is InChI=1S/C27H27N3O3S/c1-33-20-11-9-19-10-13-26(23(19)16-20)30-27-14-12-22-24(7-4-8-25(22)29-27)28-17-18-5-3-6-21(15-18)34(2,31)32/h3-9,11-12,14-16,26,28H,10,13,17H2,1-2H3,(H,29,30). The average molecular weight is 474 g/mol. The molecule has 3 aromatic carbocycles. The molecule has 5 rings (SSSR count). The van der Waals surface area contributed by atoms with Crippen LogP contribution in [0.15, 0.2) is 77.7 Å². The fourth-order valence-electron chi connectivity index (χ4n) is 4.51. The van der Waals surface area contributed by atoms with E-state index in [0.717, 1.165) is 46.6 Å². The zero-order valence-corrected chi connectivity index (χ0v) is 20.0. The molecule has 1 unspecified atom stereocenters. The Morgan fingerprint density at radius 2 is 1.88 bits per heavy atom. The van der Waals surface area contributed by atoms with Crippen LogP contribution in [0.3, 0.4) is 0 Å². The van der Waals surface area contributed by atoms with E-state index in [9.17, 15) is 8.42 Å². The zero-order chi connectivity index (χ0) is 23.7. The maximum atomic E-state index is 11.8. The zero-order valence-electron chi connectivity index (χ0n) is 19.2. The van der Waals surface area contributed by atoms with Gasteiger partial charge in [-0.05, 0) is 78.1 Å². The van der Waals surface area contributed by atoms with Crippen molar-refractivity contribution in [3.8, 4) is 5.75 Å². The van der Waals surface area contributed by atoms with Crippen LogP contribution >= 0.6 is 0 Å². The van der Waals surface area contributed by atoms with Crippen LogP contribution in [0.4, 0.5) is 11.5 Å². The summed E-state index contributed by atoms with van der Waals surface area (Å²) in [4.78, 5) is 5.18. The fraction of sp³-hybridized carbons (Fsp3) is 0.222. The Morgan fingerprint density at radius 1 is 1.03 bits per heavy atom. The molecule has 0 saturated carbocycles. The van der Waals surface area contributed by atoms with E-state index in [1.807, 2.05) is 36.4 Å². The minimum atomic E-state index is -3.23. The van der Waals surface area contributed by atoms with Crippen LogP contribution in [0.25, 0.3) is 10.9 Å². The molecular formula is C27H27N3O3S. The predicted molar refractivity (Wildman–Crippen MR) is 136 cm³/mol. The fourth-order valence-corrected chi connectivity index (χ4v) is 5.20. The van der Waals surface area contributed by atoms with Gasteiger partial charge in [-0.3, -0.25) is 0 Å². The highest BCUT2D eigenvalue weighted by molar-refractivity contribution is 7.90. The Balaban J connectivity index is 1.35. The number of rotatable bonds is 7. The van der Waals surface area contributed by atoms with Crippen LogP contribution in [0.2, 0.25) is 0 Å². The van der Waals surface area contributed by atoms with E-state index >= 15 is 0 Å². The van der Waals surface area contributed by atoms with E-state index in [1.54, 1.807) is 25.3 Å². The van der Waals surface area contributed by atoms with E-state index in [2.05, 4.69) is 28.8 Å². The lowest BCUT2D eigenvalue weighted by atomic mass is 10.1. The van der Waals surface area contributed by atoms with Gasteiger partial charge in [-0.2, -0.15) is 0 Å². The van der Waals surface area contributed by atoms with Crippen molar-refractivity contribution < 1.29 is 13.2 Å². The van der Waals surface area contributed by atoms with Gasteiger partial charge in [0.1, 0.15) is 11.6 Å². The van der Waals surface area contributed by atoms with Gasteiger partial charge in [0.2, 0.25) is 0 Å². The molecule has 0 radical (unpaired) electrons. The number of sulfone groups is 1. The third kappa shape index (κ3) is 4.56. The van der Waals surface area contributed by atoms with E-state index in [1.165, 1.54) is 17.4 Å². The van der Waals surface area contributed by atoms with E-state index < -0.39 is 9.84 Å². The molecular weight excluding hydrogens is 446 g/mol. The van der Waals surface area contributed by atoms with E-state index in [4.69, 9.17) is 9.72 Å². The topological polar surface area (TPSA) is 80.3 Å². The quantitative estimate of drug-likeness (QED) is 0.376. The van der Waals surface area contributed by atoms with Gasteiger partial charge in [0, 0.05) is 23.9 Å². The molecule has 0 fully saturated rings. The van der Waals surface area contributed by atoms with Crippen LogP contribution in [0.5, 0.6) is 5.75 Å². The summed E-state index contributed by atoms with van der Waals surface area (Å²) >= 11 is 0. The van der Waals surface area contributed by atoms with Crippen LogP contribution < -0.4 is 15.4 Å². The SMILES string of the molecule is COc1ccc2c(c1)C(Nc1ccc3c(NCc4cccc(S(C)(=O)=O)c4)cccc3n1)CC2. The van der Waals surface area contributed by atoms with Gasteiger partial charge < -0.3 is 15.4 Å². The number of hydrogen-bond acceptors (Lipinski definition) is 6. The van der Waals surface area contributed by atoms with Crippen LogP contribution in [-0.4, -0.2) is 26.8 Å². The second-order valence-electron chi connectivity index (χ2n) is 8.64. The number of nitrogens with zero attached hydrogens (tertiary/aromatic N) is 1. The summed E-state index contributed by atoms with van der Waals surface area (Å²) in [5, 5.41) is 8.04. The van der Waals surface area contributed by atoms with Crippen molar-refractivity contribution in [1.29, 1.82) is 0 Å². The van der Waals surface area contributed by atoms with Gasteiger partial charge in [-0.15, -0.1) is 0 Å². The molecule has 174 valence electrons. The van der Waals surface area contributed by atoms with Crippen LogP contribution in [0.1, 0.15) is 29.2 Å². The minimum absolute atomic E-state index is 0.207. The summed E-state index contributed by atoms with van der Waals surface area (Å²) in [6, 6.07) is 23.6. The summed E-state index contributed by atoms with van der Waals surface area (Å²) in [5.74, 6) is 1.71. The highest BCUT2D eigenvalue weighted by atomic mass is 32.2. The molecule has 0 aliphatic heterocycles. The summed E-state index contributed by atoms with van der Waals surface area (Å²) < 4.78 is 29.1. The lowest BCUT2D eigenvalue weighted by Crippen LogP contribution is -2.08. The summed E-state index contributed by atoms with van der Waals surface area (Å²) in [7, 11) is -1.54. The lowest BCUT2D eigenvalue weighted by molar-refractivity contribution is 0.414. The van der Waals surface area contributed by atoms with Crippen molar-refractivity contribution >= 4 is 32.2 Å². The van der Waals surface area contributed by atoms with Crippen molar-refractivity contribution in [2.75, 3.05) is 24.0 Å². The Labute approximate surface area is 199 Å². The molecule has 6 nitrogen and oxygen atoms in total. The van der Waals surface area contributed by atoms with Crippen molar-refractivity contribution in [3.63, 3.8) is 0 Å². The number of benzene rings is 3. The number of pyridine rings is 1. The van der Waals surface area contributed by atoms with E-state index in [0.29, 0.717) is 11.4 Å². The normalized spacial score (nSPS) is 15.2. The largest absolute Gasteiger partial charge is 0.497 e. The summed E-state index contributed by atoms with van der Waals surface area (Å²) in [6.45, 7) is 0.517. The third-order valence-electron chi connectivity index (χ3n) is 6.29. The highest BCUT2D eigenvalue weighted by Gasteiger charge is 2.23. The predicted octanol–water partition coefficient (Wildman–Crippen LogP) is 5.36. The van der Waals surface area contributed by atoms with E-state index in [-0.39, 0.29) is 6.04 Å². The Hall–Kier alpha value is -3.58. The monoisotopic (exact) mass is 473 g/mol. The van der Waals surface area contributed by atoms with Crippen LogP contribution in [-0.2, 0) is 22.8 Å². The second kappa shape index (κ2) is 8.99. The maximum absolute atomic E-state index is 11.8. The first-order valence-electron chi connectivity index (χ1n) is 11.3. The Kier molecular flexibility index (Phi) is 5.87. The van der Waals surface area contributed by atoms with Crippen molar-refractivity contribution in [3.05, 3.63) is 89.5 Å². The molecule has 34 heavy (non-hydrogen) atoms. The van der Waals surface area contributed by atoms with Gasteiger partial charge in [0.25, 0.3) is 0 Å². The molecule has 1 aliphatic carbocycles. The Bertz CT molecular complexity index is 1470. The van der Waals surface area contributed by atoms with Crippen molar-refractivity contribution in [1.82, 2.24) is 4.98 Å². The molecule has 0 spiro atoms. The highest BCUT2D eigenvalue weighted by Crippen LogP contribution is 2.36. The molecule has 1 heterocycles. The molecule has 2 N–H and O–H groups in total. The van der Waals surface area contributed by atoms with Gasteiger partial charge in [0.05, 0.1) is 23.6 Å². The summed E-state index contributed by atoms with van der Waals surface area (Å²) in [6.07, 6.45) is 3.29. The number of fused-ring (bicyclic) bond motifs is 2. The average Bonchev–Trinajstić information content (AvgIpc) is 3.24. The third-order valence-corrected chi connectivity index (χ3v) is 7.40. The molecule has 0 amide bonds.